The second kappa shape index (κ2) is 11.9. The Kier molecular flexibility index (Phi) is 11.5. The van der Waals surface area contributed by atoms with Crippen molar-refractivity contribution in [1.82, 2.24) is 5.32 Å². The van der Waals surface area contributed by atoms with Crippen LogP contribution in [0.15, 0.2) is 0 Å². The van der Waals surface area contributed by atoms with Crippen LogP contribution in [0.2, 0.25) is 0 Å². The molecular formula is C15H30N2. The molecule has 0 aliphatic carbocycles. The highest BCUT2D eigenvalue weighted by Crippen LogP contribution is 2.10. The molecule has 2 heteroatoms. The molecule has 0 rings (SSSR count). The highest BCUT2D eigenvalue weighted by Gasteiger charge is 2.09. The number of hydrogen-bond donors (Lipinski definition) is 1. The number of nitrogens with zero attached hydrogens (tertiary/aromatic N) is 1. The first-order chi connectivity index (χ1) is 8.24. The van der Waals surface area contributed by atoms with Crippen molar-refractivity contribution in [3.05, 3.63) is 0 Å². The van der Waals surface area contributed by atoms with Gasteiger partial charge in [-0.1, -0.05) is 58.8 Å². The molecule has 0 radical (unpaired) electrons. The second-order valence-electron chi connectivity index (χ2n) is 5.07. The predicted molar refractivity (Wildman–Crippen MR) is 74.9 cm³/mol. The minimum Gasteiger partial charge on any atom is -0.299 e. The van der Waals surface area contributed by atoms with Crippen molar-refractivity contribution in [3.63, 3.8) is 0 Å². The summed E-state index contributed by atoms with van der Waals surface area (Å²) in [6.45, 7) is 6.55. The smallest absolute Gasteiger partial charge is 0.0955 e. The molecule has 17 heavy (non-hydrogen) atoms. The molecule has 0 aliphatic heterocycles. The Morgan fingerprint density at radius 1 is 1.00 bits per heavy atom. The molecule has 0 fully saturated rings. The molecule has 0 heterocycles. The molecule has 0 aromatic heterocycles. The van der Waals surface area contributed by atoms with Crippen LogP contribution < -0.4 is 5.32 Å². The van der Waals surface area contributed by atoms with Gasteiger partial charge in [0.1, 0.15) is 0 Å². The second-order valence-corrected chi connectivity index (χ2v) is 5.07. The average Bonchev–Trinajstić information content (AvgIpc) is 2.35. The Bertz CT molecular complexity index is 196. The summed E-state index contributed by atoms with van der Waals surface area (Å²) in [6.07, 6.45) is 11.3. The van der Waals surface area contributed by atoms with E-state index in [4.69, 9.17) is 5.26 Å². The van der Waals surface area contributed by atoms with Crippen LogP contribution in [0.4, 0.5) is 0 Å². The first-order valence-corrected chi connectivity index (χ1v) is 7.40. The quantitative estimate of drug-likeness (QED) is 0.541. The van der Waals surface area contributed by atoms with Gasteiger partial charge < -0.3 is 0 Å². The molecule has 0 saturated heterocycles. The van der Waals surface area contributed by atoms with Gasteiger partial charge in [-0.15, -0.1) is 0 Å². The number of hydrogen-bond acceptors (Lipinski definition) is 2. The summed E-state index contributed by atoms with van der Waals surface area (Å²) < 4.78 is 0. The summed E-state index contributed by atoms with van der Waals surface area (Å²) in [6, 6.07) is 2.89. The monoisotopic (exact) mass is 238 g/mol. The number of rotatable bonds is 11. The van der Waals surface area contributed by atoms with Gasteiger partial charge in [-0.3, -0.25) is 5.32 Å². The Morgan fingerprint density at radius 2 is 1.59 bits per heavy atom. The van der Waals surface area contributed by atoms with Gasteiger partial charge in [0, 0.05) is 6.04 Å². The Labute approximate surface area is 108 Å². The van der Waals surface area contributed by atoms with Gasteiger partial charge >= 0.3 is 0 Å². The maximum absolute atomic E-state index is 9.03. The first-order valence-electron chi connectivity index (χ1n) is 7.40. The number of unbranched alkanes of at least 4 members (excludes halogenated alkanes) is 6. The van der Waals surface area contributed by atoms with Crippen LogP contribution in [0, 0.1) is 11.3 Å². The lowest BCUT2D eigenvalue weighted by atomic mass is 10.0. The Balaban J connectivity index is 3.41. The van der Waals surface area contributed by atoms with Gasteiger partial charge in [-0.2, -0.15) is 5.26 Å². The van der Waals surface area contributed by atoms with Crippen molar-refractivity contribution >= 4 is 0 Å². The van der Waals surface area contributed by atoms with Crippen molar-refractivity contribution in [3.8, 4) is 6.07 Å². The van der Waals surface area contributed by atoms with Crippen LogP contribution in [-0.4, -0.2) is 12.1 Å². The minimum absolute atomic E-state index is 0.0561. The van der Waals surface area contributed by atoms with E-state index in [-0.39, 0.29) is 6.04 Å². The van der Waals surface area contributed by atoms with Crippen LogP contribution in [0.1, 0.15) is 78.6 Å². The third-order valence-corrected chi connectivity index (χ3v) is 3.35. The minimum atomic E-state index is 0.0561. The van der Waals surface area contributed by atoms with E-state index in [1.807, 2.05) is 0 Å². The lowest BCUT2D eigenvalue weighted by Gasteiger charge is -2.16. The summed E-state index contributed by atoms with van der Waals surface area (Å²) in [7, 11) is 0. The zero-order valence-corrected chi connectivity index (χ0v) is 12.0. The van der Waals surface area contributed by atoms with E-state index >= 15 is 0 Å². The maximum atomic E-state index is 9.03. The van der Waals surface area contributed by atoms with Crippen LogP contribution >= 0.6 is 0 Å². The Hall–Kier alpha value is -0.550. The SMILES string of the molecule is CCCCCCCCCC(C#N)NC(C)CC. The fourth-order valence-electron chi connectivity index (χ4n) is 1.95. The molecule has 2 unspecified atom stereocenters. The van der Waals surface area contributed by atoms with E-state index in [9.17, 15) is 0 Å². The summed E-state index contributed by atoms with van der Waals surface area (Å²) in [5.41, 5.74) is 0. The van der Waals surface area contributed by atoms with Crippen molar-refractivity contribution in [2.45, 2.75) is 90.6 Å². The van der Waals surface area contributed by atoms with Crippen LogP contribution in [0.5, 0.6) is 0 Å². The third kappa shape index (κ3) is 10.3. The van der Waals surface area contributed by atoms with E-state index in [2.05, 4.69) is 32.2 Å². The molecule has 2 nitrogen and oxygen atoms in total. The van der Waals surface area contributed by atoms with Gasteiger partial charge in [0.25, 0.3) is 0 Å². The van der Waals surface area contributed by atoms with Gasteiger partial charge in [-0.05, 0) is 19.8 Å². The highest BCUT2D eigenvalue weighted by atomic mass is 14.9. The van der Waals surface area contributed by atoms with Crippen molar-refractivity contribution in [2.75, 3.05) is 0 Å². The third-order valence-electron chi connectivity index (χ3n) is 3.35. The van der Waals surface area contributed by atoms with Crippen LogP contribution in [0.3, 0.4) is 0 Å². The van der Waals surface area contributed by atoms with E-state index in [0.717, 1.165) is 12.8 Å². The first kappa shape index (κ1) is 16.4. The zero-order valence-electron chi connectivity index (χ0n) is 12.0. The van der Waals surface area contributed by atoms with Crippen molar-refractivity contribution in [1.29, 1.82) is 5.26 Å². The summed E-state index contributed by atoms with van der Waals surface area (Å²) >= 11 is 0. The summed E-state index contributed by atoms with van der Waals surface area (Å²) in [5.74, 6) is 0. The lowest BCUT2D eigenvalue weighted by molar-refractivity contribution is 0.453. The molecule has 0 amide bonds. The summed E-state index contributed by atoms with van der Waals surface area (Å²) in [5, 5.41) is 12.4. The molecule has 0 aliphatic rings. The normalized spacial score (nSPS) is 14.2. The molecule has 2 atom stereocenters. The van der Waals surface area contributed by atoms with Gasteiger partial charge in [0.15, 0.2) is 0 Å². The van der Waals surface area contributed by atoms with E-state index in [1.54, 1.807) is 0 Å². The van der Waals surface area contributed by atoms with E-state index in [1.165, 1.54) is 44.9 Å². The molecule has 1 N–H and O–H groups in total. The van der Waals surface area contributed by atoms with Gasteiger partial charge in [0.05, 0.1) is 12.1 Å². The average molecular weight is 238 g/mol. The molecular weight excluding hydrogens is 208 g/mol. The largest absolute Gasteiger partial charge is 0.299 e. The van der Waals surface area contributed by atoms with Gasteiger partial charge in [-0.25, -0.2) is 0 Å². The van der Waals surface area contributed by atoms with Crippen molar-refractivity contribution in [2.24, 2.45) is 0 Å². The number of nitrogens with one attached hydrogen (secondary N) is 1. The van der Waals surface area contributed by atoms with Crippen LogP contribution in [0.25, 0.3) is 0 Å². The molecule has 0 aromatic carbocycles. The predicted octanol–water partition coefficient (Wildman–Crippen LogP) is 4.41. The zero-order chi connectivity index (χ0) is 12.9. The fraction of sp³-hybridized carbons (Fsp3) is 0.933. The Morgan fingerprint density at radius 3 is 2.12 bits per heavy atom. The molecule has 0 spiro atoms. The molecule has 0 saturated carbocycles. The topological polar surface area (TPSA) is 35.8 Å². The maximum Gasteiger partial charge on any atom is 0.0955 e. The van der Waals surface area contributed by atoms with E-state index in [0.29, 0.717) is 6.04 Å². The number of nitriles is 1. The highest BCUT2D eigenvalue weighted by molar-refractivity contribution is 4.90. The molecule has 0 aromatic rings. The standard InChI is InChI=1S/C15H30N2/c1-4-6-7-8-9-10-11-12-15(13-16)17-14(3)5-2/h14-15,17H,4-12H2,1-3H3. The lowest BCUT2D eigenvalue weighted by Crippen LogP contribution is -2.35. The fourth-order valence-corrected chi connectivity index (χ4v) is 1.95. The van der Waals surface area contributed by atoms with Gasteiger partial charge in [0.2, 0.25) is 0 Å². The van der Waals surface area contributed by atoms with Crippen LogP contribution in [-0.2, 0) is 0 Å². The van der Waals surface area contributed by atoms with Crippen molar-refractivity contribution < 1.29 is 0 Å². The molecule has 0 bridgehead atoms. The van der Waals surface area contributed by atoms with E-state index < -0.39 is 0 Å². The summed E-state index contributed by atoms with van der Waals surface area (Å²) in [4.78, 5) is 0. The molecule has 100 valence electrons.